The van der Waals surface area contributed by atoms with Crippen molar-refractivity contribution in [2.24, 2.45) is 0 Å². The SMILES string of the molecule is CC1CN(Cc2ccccc2)c2ccc(Br)cc2O1. The minimum atomic E-state index is 0.213. The van der Waals surface area contributed by atoms with Crippen molar-refractivity contribution in [3.8, 4) is 5.75 Å². The minimum Gasteiger partial charge on any atom is -0.487 e. The van der Waals surface area contributed by atoms with Crippen LogP contribution in [0, 0.1) is 0 Å². The number of fused-ring (bicyclic) bond motifs is 1. The zero-order chi connectivity index (χ0) is 13.2. The highest BCUT2D eigenvalue weighted by molar-refractivity contribution is 9.10. The van der Waals surface area contributed by atoms with E-state index in [1.165, 1.54) is 11.3 Å². The second-order valence-corrected chi connectivity index (χ2v) is 5.82. The normalized spacial score (nSPS) is 17.8. The zero-order valence-corrected chi connectivity index (χ0v) is 12.4. The molecule has 3 rings (SSSR count). The summed E-state index contributed by atoms with van der Waals surface area (Å²) in [6, 6.07) is 16.8. The molecular formula is C16H16BrNO. The van der Waals surface area contributed by atoms with Crippen molar-refractivity contribution in [1.29, 1.82) is 0 Å². The molecule has 1 atom stereocenters. The molecule has 1 heterocycles. The Labute approximate surface area is 122 Å². The Bertz CT molecular complexity index is 570. The minimum absolute atomic E-state index is 0.213. The van der Waals surface area contributed by atoms with E-state index in [2.05, 4.69) is 70.2 Å². The molecule has 2 nitrogen and oxygen atoms in total. The number of nitrogens with zero attached hydrogens (tertiary/aromatic N) is 1. The van der Waals surface area contributed by atoms with Gasteiger partial charge in [0.25, 0.3) is 0 Å². The molecule has 0 N–H and O–H groups in total. The summed E-state index contributed by atoms with van der Waals surface area (Å²) in [6.07, 6.45) is 0.213. The molecule has 0 bridgehead atoms. The molecule has 0 fully saturated rings. The number of rotatable bonds is 2. The van der Waals surface area contributed by atoms with Crippen molar-refractivity contribution < 1.29 is 4.74 Å². The fraction of sp³-hybridized carbons (Fsp3) is 0.250. The number of hydrogen-bond donors (Lipinski definition) is 0. The van der Waals surface area contributed by atoms with E-state index >= 15 is 0 Å². The third-order valence-corrected chi connectivity index (χ3v) is 3.78. The molecule has 0 spiro atoms. The third-order valence-electron chi connectivity index (χ3n) is 3.28. The fourth-order valence-electron chi connectivity index (χ4n) is 2.46. The van der Waals surface area contributed by atoms with Gasteiger partial charge < -0.3 is 9.64 Å². The highest BCUT2D eigenvalue weighted by Crippen LogP contribution is 2.36. The van der Waals surface area contributed by atoms with Crippen LogP contribution in [0.2, 0.25) is 0 Å². The summed E-state index contributed by atoms with van der Waals surface area (Å²) in [5, 5.41) is 0. The highest BCUT2D eigenvalue weighted by atomic mass is 79.9. The van der Waals surface area contributed by atoms with Gasteiger partial charge >= 0.3 is 0 Å². The van der Waals surface area contributed by atoms with Crippen molar-refractivity contribution in [2.75, 3.05) is 11.4 Å². The lowest BCUT2D eigenvalue weighted by molar-refractivity contribution is 0.212. The van der Waals surface area contributed by atoms with Crippen LogP contribution in [0.5, 0.6) is 5.75 Å². The number of anilines is 1. The topological polar surface area (TPSA) is 12.5 Å². The molecule has 2 aromatic rings. The van der Waals surface area contributed by atoms with E-state index in [1.54, 1.807) is 0 Å². The monoisotopic (exact) mass is 317 g/mol. The predicted octanol–water partition coefficient (Wildman–Crippen LogP) is 4.24. The molecular weight excluding hydrogens is 302 g/mol. The summed E-state index contributed by atoms with van der Waals surface area (Å²) in [5.41, 5.74) is 2.50. The molecule has 3 heteroatoms. The van der Waals surface area contributed by atoms with Crippen molar-refractivity contribution in [2.45, 2.75) is 19.6 Å². The second kappa shape index (κ2) is 5.25. The van der Waals surface area contributed by atoms with Crippen LogP contribution in [-0.2, 0) is 6.54 Å². The summed E-state index contributed by atoms with van der Waals surface area (Å²) >= 11 is 3.50. The molecule has 0 amide bonds. The first-order chi connectivity index (χ1) is 9.22. The van der Waals surface area contributed by atoms with E-state index in [4.69, 9.17) is 4.74 Å². The average Bonchev–Trinajstić information content (AvgIpc) is 2.39. The maximum Gasteiger partial charge on any atom is 0.144 e. The predicted molar refractivity (Wildman–Crippen MR) is 81.7 cm³/mol. The van der Waals surface area contributed by atoms with Gasteiger partial charge in [0, 0.05) is 11.0 Å². The van der Waals surface area contributed by atoms with Gasteiger partial charge in [-0.05, 0) is 30.7 Å². The first-order valence-electron chi connectivity index (χ1n) is 6.47. The zero-order valence-electron chi connectivity index (χ0n) is 10.8. The van der Waals surface area contributed by atoms with Crippen LogP contribution in [0.3, 0.4) is 0 Å². The first-order valence-corrected chi connectivity index (χ1v) is 7.27. The lowest BCUT2D eigenvalue weighted by Gasteiger charge is -2.35. The molecule has 0 saturated carbocycles. The molecule has 1 aliphatic rings. The molecule has 19 heavy (non-hydrogen) atoms. The van der Waals surface area contributed by atoms with Gasteiger partial charge in [-0.25, -0.2) is 0 Å². The Hall–Kier alpha value is -1.48. The summed E-state index contributed by atoms with van der Waals surface area (Å²) in [5.74, 6) is 0.962. The first kappa shape index (κ1) is 12.5. The third kappa shape index (κ3) is 2.76. The lowest BCUT2D eigenvalue weighted by atomic mass is 10.1. The Morgan fingerprint density at radius 2 is 2.00 bits per heavy atom. The van der Waals surface area contributed by atoms with Gasteiger partial charge in [-0.2, -0.15) is 0 Å². The van der Waals surface area contributed by atoms with Gasteiger partial charge in [0.15, 0.2) is 0 Å². The van der Waals surface area contributed by atoms with Crippen LogP contribution >= 0.6 is 15.9 Å². The smallest absolute Gasteiger partial charge is 0.144 e. The Balaban J connectivity index is 1.91. The summed E-state index contributed by atoms with van der Waals surface area (Å²) < 4.78 is 6.96. The molecule has 1 aliphatic heterocycles. The van der Waals surface area contributed by atoms with Crippen molar-refractivity contribution in [1.82, 2.24) is 0 Å². The van der Waals surface area contributed by atoms with Gasteiger partial charge in [-0.3, -0.25) is 0 Å². The summed E-state index contributed by atoms with van der Waals surface area (Å²) in [7, 11) is 0. The van der Waals surface area contributed by atoms with Crippen LogP contribution in [0.25, 0.3) is 0 Å². The van der Waals surface area contributed by atoms with Crippen LogP contribution in [0.1, 0.15) is 12.5 Å². The Kier molecular flexibility index (Phi) is 3.47. The van der Waals surface area contributed by atoms with E-state index in [0.717, 1.165) is 23.3 Å². The van der Waals surface area contributed by atoms with Gasteiger partial charge in [-0.1, -0.05) is 46.3 Å². The molecule has 1 unspecified atom stereocenters. The quantitative estimate of drug-likeness (QED) is 0.821. The van der Waals surface area contributed by atoms with Gasteiger partial charge in [-0.15, -0.1) is 0 Å². The molecule has 0 aliphatic carbocycles. The average molecular weight is 318 g/mol. The van der Waals surface area contributed by atoms with E-state index in [9.17, 15) is 0 Å². The van der Waals surface area contributed by atoms with E-state index in [-0.39, 0.29) is 6.10 Å². The standard InChI is InChI=1S/C16H16BrNO/c1-12-10-18(11-13-5-3-2-4-6-13)15-8-7-14(17)9-16(15)19-12/h2-9,12H,10-11H2,1H3. The fourth-order valence-corrected chi connectivity index (χ4v) is 2.80. The molecule has 98 valence electrons. The largest absolute Gasteiger partial charge is 0.487 e. The molecule has 2 aromatic carbocycles. The van der Waals surface area contributed by atoms with Crippen LogP contribution in [0.4, 0.5) is 5.69 Å². The van der Waals surface area contributed by atoms with Gasteiger partial charge in [0.2, 0.25) is 0 Å². The van der Waals surface area contributed by atoms with E-state index in [0.29, 0.717) is 0 Å². The van der Waals surface area contributed by atoms with Gasteiger partial charge in [0.05, 0.1) is 12.2 Å². The second-order valence-electron chi connectivity index (χ2n) is 4.91. The maximum atomic E-state index is 5.91. The summed E-state index contributed by atoms with van der Waals surface area (Å²) in [4.78, 5) is 2.38. The number of ether oxygens (including phenoxy) is 1. The maximum absolute atomic E-state index is 5.91. The molecule has 0 radical (unpaired) electrons. The van der Waals surface area contributed by atoms with Crippen molar-refractivity contribution in [3.05, 3.63) is 58.6 Å². The Morgan fingerprint density at radius 3 is 2.79 bits per heavy atom. The van der Waals surface area contributed by atoms with Crippen molar-refractivity contribution in [3.63, 3.8) is 0 Å². The van der Waals surface area contributed by atoms with Crippen LogP contribution in [-0.4, -0.2) is 12.6 Å². The molecule has 0 saturated heterocycles. The molecule has 0 aromatic heterocycles. The Morgan fingerprint density at radius 1 is 1.21 bits per heavy atom. The number of halogens is 1. The highest BCUT2D eigenvalue weighted by Gasteiger charge is 2.22. The van der Waals surface area contributed by atoms with Gasteiger partial charge in [0.1, 0.15) is 11.9 Å². The number of benzene rings is 2. The lowest BCUT2D eigenvalue weighted by Crippen LogP contribution is -2.37. The van der Waals surface area contributed by atoms with Crippen LogP contribution in [0.15, 0.2) is 53.0 Å². The van der Waals surface area contributed by atoms with E-state index in [1.807, 2.05) is 6.07 Å². The summed E-state index contributed by atoms with van der Waals surface area (Å²) in [6.45, 7) is 3.95. The number of hydrogen-bond acceptors (Lipinski definition) is 2. The van der Waals surface area contributed by atoms with E-state index < -0.39 is 0 Å². The van der Waals surface area contributed by atoms with Crippen molar-refractivity contribution >= 4 is 21.6 Å². The van der Waals surface area contributed by atoms with Crippen LogP contribution < -0.4 is 9.64 Å².